The largest absolute Gasteiger partial charge is 0.336 e. The zero-order valence-corrected chi connectivity index (χ0v) is 11.7. The summed E-state index contributed by atoms with van der Waals surface area (Å²) in [4.78, 5) is 16.3. The number of aromatic nitrogens is 2. The first kappa shape index (κ1) is 13.6. The molecule has 1 aromatic heterocycles. The minimum absolute atomic E-state index is 0.129. The molecule has 4 nitrogen and oxygen atoms in total. The predicted molar refractivity (Wildman–Crippen MR) is 78.1 cm³/mol. The molecule has 1 N–H and O–H groups in total. The van der Waals surface area contributed by atoms with Crippen molar-refractivity contribution >= 4 is 23.1 Å². The maximum atomic E-state index is 12.2. The Morgan fingerprint density at radius 2 is 2.21 bits per heavy atom. The van der Waals surface area contributed by atoms with E-state index in [1.54, 1.807) is 29.1 Å². The van der Waals surface area contributed by atoms with Crippen molar-refractivity contribution in [1.82, 2.24) is 9.55 Å². The van der Waals surface area contributed by atoms with E-state index in [1.807, 2.05) is 12.1 Å². The zero-order chi connectivity index (χ0) is 13.8. The molecule has 1 heterocycles. The van der Waals surface area contributed by atoms with E-state index in [-0.39, 0.29) is 5.56 Å². The predicted octanol–water partition coefficient (Wildman–Crippen LogP) is 3.30. The van der Waals surface area contributed by atoms with Gasteiger partial charge in [0.2, 0.25) is 0 Å². The first-order valence-corrected chi connectivity index (χ1v) is 6.52. The van der Waals surface area contributed by atoms with E-state index in [4.69, 9.17) is 11.6 Å². The van der Waals surface area contributed by atoms with Crippen molar-refractivity contribution in [2.24, 2.45) is 5.92 Å². The molecule has 0 aliphatic carbocycles. The van der Waals surface area contributed by atoms with Gasteiger partial charge in [-0.1, -0.05) is 31.5 Å². The topological polar surface area (TPSA) is 46.9 Å². The number of hydrogen-bond acceptors (Lipinski definition) is 3. The summed E-state index contributed by atoms with van der Waals surface area (Å²) in [7, 11) is 0. The van der Waals surface area contributed by atoms with Gasteiger partial charge in [-0.2, -0.15) is 0 Å². The average Bonchev–Trinajstić information content (AvgIpc) is 2.34. The van der Waals surface area contributed by atoms with E-state index in [9.17, 15) is 4.79 Å². The summed E-state index contributed by atoms with van der Waals surface area (Å²) in [5.74, 6) is 0.713. The van der Waals surface area contributed by atoms with Gasteiger partial charge in [-0.25, -0.2) is 4.98 Å². The number of nitrogens with zero attached hydrogens (tertiary/aromatic N) is 2. The lowest BCUT2D eigenvalue weighted by atomic mass is 10.2. The number of anilines is 2. The fourth-order valence-electron chi connectivity index (χ4n) is 1.77. The third kappa shape index (κ3) is 3.58. The van der Waals surface area contributed by atoms with E-state index in [2.05, 4.69) is 24.1 Å². The lowest BCUT2D eigenvalue weighted by molar-refractivity contribution is 0.510. The van der Waals surface area contributed by atoms with Gasteiger partial charge in [-0.05, 0) is 24.1 Å². The second kappa shape index (κ2) is 5.89. The number of halogens is 1. The van der Waals surface area contributed by atoms with Gasteiger partial charge in [0.15, 0.2) is 5.82 Å². The highest BCUT2D eigenvalue weighted by molar-refractivity contribution is 6.30. The molecule has 0 saturated heterocycles. The first-order valence-electron chi connectivity index (χ1n) is 6.14. The van der Waals surface area contributed by atoms with Crippen LogP contribution in [-0.2, 0) is 6.54 Å². The summed E-state index contributed by atoms with van der Waals surface area (Å²) in [6, 6.07) is 7.19. The molecule has 1 aromatic carbocycles. The lowest BCUT2D eigenvalue weighted by Crippen LogP contribution is -2.24. The van der Waals surface area contributed by atoms with Crippen molar-refractivity contribution < 1.29 is 0 Å². The summed E-state index contributed by atoms with van der Waals surface area (Å²) in [6.07, 6.45) is 3.32. The Bertz CT molecular complexity index is 622. The van der Waals surface area contributed by atoms with E-state index in [0.29, 0.717) is 23.3 Å². The summed E-state index contributed by atoms with van der Waals surface area (Å²) < 4.78 is 1.66. The van der Waals surface area contributed by atoms with Crippen molar-refractivity contribution in [3.05, 3.63) is 52.0 Å². The van der Waals surface area contributed by atoms with Gasteiger partial charge in [0.05, 0.1) is 0 Å². The molecule has 0 bridgehead atoms. The standard InChI is InChI=1S/C14H16ClN3O/c1-10(2)9-18-7-6-16-13(14(18)19)17-12-5-3-4-11(15)8-12/h3-8,10H,9H2,1-2H3,(H,16,17). The monoisotopic (exact) mass is 277 g/mol. The van der Waals surface area contributed by atoms with Crippen LogP contribution in [0.1, 0.15) is 13.8 Å². The Labute approximate surface area is 117 Å². The number of nitrogens with one attached hydrogen (secondary N) is 1. The van der Waals surface area contributed by atoms with Gasteiger partial charge in [0.25, 0.3) is 5.56 Å². The molecule has 0 aliphatic heterocycles. The van der Waals surface area contributed by atoms with Crippen LogP contribution in [0.25, 0.3) is 0 Å². The van der Waals surface area contributed by atoms with E-state index in [1.165, 1.54) is 0 Å². The highest BCUT2D eigenvalue weighted by Crippen LogP contribution is 2.17. The SMILES string of the molecule is CC(C)Cn1ccnc(Nc2cccc(Cl)c2)c1=O. The molecular formula is C14H16ClN3O. The third-order valence-electron chi connectivity index (χ3n) is 2.56. The van der Waals surface area contributed by atoms with E-state index >= 15 is 0 Å². The average molecular weight is 278 g/mol. The van der Waals surface area contributed by atoms with Crippen LogP contribution in [0.5, 0.6) is 0 Å². The Balaban J connectivity index is 2.28. The summed E-state index contributed by atoms with van der Waals surface area (Å²) in [6.45, 7) is 4.81. The molecule has 0 radical (unpaired) electrons. The Kier molecular flexibility index (Phi) is 4.22. The summed E-state index contributed by atoms with van der Waals surface area (Å²) in [5, 5.41) is 3.61. The maximum absolute atomic E-state index is 12.2. The molecule has 100 valence electrons. The summed E-state index contributed by atoms with van der Waals surface area (Å²) >= 11 is 5.91. The number of benzene rings is 1. The molecule has 0 unspecified atom stereocenters. The molecule has 19 heavy (non-hydrogen) atoms. The van der Waals surface area contributed by atoms with Gasteiger partial charge >= 0.3 is 0 Å². The van der Waals surface area contributed by atoms with Gasteiger partial charge in [-0.15, -0.1) is 0 Å². The van der Waals surface area contributed by atoms with Gasteiger partial charge in [0, 0.05) is 29.6 Å². The van der Waals surface area contributed by atoms with Crippen LogP contribution in [0.2, 0.25) is 5.02 Å². The molecular weight excluding hydrogens is 262 g/mol. The fraction of sp³-hybridized carbons (Fsp3) is 0.286. The lowest BCUT2D eigenvalue weighted by Gasteiger charge is -2.10. The second-order valence-electron chi connectivity index (χ2n) is 4.76. The van der Waals surface area contributed by atoms with Crippen LogP contribution >= 0.6 is 11.6 Å². The molecule has 0 atom stereocenters. The van der Waals surface area contributed by atoms with Crippen LogP contribution in [0.3, 0.4) is 0 Å². The Morgan fingerprint density at radius 3 is 2.89 bits per heavy atom. The Hall–Kier alpha value is -1.81. The Morgan fingerprint density at radius 1 is 1.42 bits per heavy atom. The van der Waals surface area contributed by atoms with Gasteiger partial charge in [0.1, 0.15) is 0 Å². The zero-order valence-electron chi connectivity index (χ0n) is 10.9. The normalized spacial score (nSPS) is 10.7. The minimum atomic E-state index is -0.129. The van der Waals surface area contributed by atoms with Gasteiger partial charge < -0.3 is 9.88 Å². The highest BCUT2D eigenvalue weighted by atomic mass is 35.5. The van der Waals surface area contributed by atoms with Crippen LogP contribution < -0.4 is 10.9 Å². The fourth-order valence-corrected chi connectivity index (χ4v) is 1.96. The molecule has 0 aliphatic rings. The molecule has 2 rings (SSSR count). The molecule has 5 heteroatoms. The molecule has 2 aromatic rings. The van der Waals surface area contributed by atoms with Gasteiger partial charge in [-0.3, -0.25) is 4.79 Å². The number of rotatable bonds is 4. The van der Waals surface area contributed by atoms with E-state index in [0.717, 1.165) is 5.69 Å². The van der Waals surface area contributed by atoms with Crippen LogP contribution in [0, 0.1) is 5.92 Å². The third-order valence-corrected chi connectivity index (χ3v) is 2.80. The summed E-state index contributed by atoms with van der Waals surface area (Å²) in [5.41, 5.74) is 0.621. The minimum Gasteiger partial charge on any atom is -0.336 e. The molecule has 0 spiro atoms. The smallest absolute Gasteiger partial charge is 0.293 e. The molecule has 0 amide bonds. The quantitative estimate of drug-likeness (QED) is 0.933. The van der Waals surface area contributed by atoms with Crippen molar-refractivity contribution in [3.63, 3.8) is 0 Å². The molecule has 0 fully saturated rings. The van der Waals surface area contributed by atoms with Crippen molar-refractivity contribution in [2.75, 3.05) is 5.32 Å². The van der Waals surface area contributed by atoms with Crippen LogP contribution in [-0.4, -0.2) is 9.55 Å². The van der Waals surface area contributed by atoms with Crippen molar-refractivity contribution in [1.29, 1.82) is 0 Å². The number of hydrogen-bond donors (Lipinski definition) is 1. The first-order chi connectivity index (χ1) is 9.06. The van der Waals surface area contributed by atoms with Crippen molar-refractivity contribution in [2.45, 2.75) is 20.4 Å². The van der Waals surface area contributed by atoms with Crippen LogP contribution in [0.4, 0.5) is 11.5 Å². The second-order valence-corrected chi connectivity index (χ2v) is 5.20. The maximum Gasteiger partial charge on any atom is 0.293 e. The van der Waals surface area contributed by atoms with Crippen molar-refractivity contribution in [3.8, 4) is 0 Å². The van der Waals surface area contributed by atoms with Crippen LogP contribution in [0.15, 0.2) is 41.5 Å². The van der Waals surface area contributed by atoms with E-state index < -0.39 is 0 Å². The highest BCUT2D eigenvalue weighted by Gasteiger charge is 2.06. The molecule has 0 saturated carbocycles.